The topological polar surface area (TPSA) is 96.8 Å². The van der Waals surface area contributed by atoms with Crippen molar-refractivity contribution in [1.82, 2.24) is 14.5 Å². The van der Waals surface area contributed by atoms with E-state index in [-0.39, 0.29) is 30.5 Å². The number of morpholine rings is 1. The molecule has 0 bridgehead atoms. The number of nitrogens with zero attached hydrogens (tertiary/aromatic N) is 4. The fourth-order valence-corrected chi connectivity index (χ4v) is 3.80. The van der Waals surface area contributed by atoms with Gasteiger partial charge < -0.3 is 19.9 Å². The summed E-state index contributed by atoms with van der Waals surface area (Å²) in [7, 11) is 1.53. The zero-order chi connectivity index (χ0) is 23.4. The Balaban J connectivity index is 1.34. The van der Waals surface area contributed by atoms with Crippen LogP contribution in [0.3, 0.4) is 0 Å². The van der Waals surface area contributed by atoms with Crippen molar-refractivity contribution in [1.29, 1.82) is 0 Å². The number of ether oxygens (including phenoxy) is 1. The molecule has 3 aromatic rings. The van der Waals surface area contributed by atoms with Crippen LogP contribution in [0.15, 0.2) is 53.6 Å². The number of nitrogens with one attached hydrogen (secondary N) is 1. The number of hydrogen-bond donors (Lipinski definition) is 1. The average molecular weight is 450 g/mol. The number of benzene rings is 2. The van der Waals surface area contributed by atoms with E-state index < -0.39 is 0 Å². The number of fused-ring (bicyclic) bond motifs is 1. The third kappa shape index (κ3) is 5.20. The number of rotatable bonds is 6. The lowest BCUT2D eigenvalue weighted by Crippen LogP contribution is -2.38. The maximum Gasteiger partial charge on any atom is 0.261 e. The highest BCUT2D eigenvalue weighted by molar-refractivity contribution is 5.94. The molecule has 0 radical (unpaired) electrons. The third-order valence-electron chi connectivity index (χ3n) is 5.69. The lowest BCUT2D eigenvalue weighted by atomic mass is 10.1. The molecule has 0 spiro atoms. The summed E-state index contributed by atoms with van der Waals surface area (Å²) in [6, 6.07) is 13.0. The Morgan fingerprint density at radius 2 is 1.85 bits per heavy atom. The first-order chi connectivity index (χ1) is 15.9. The molecule has 0 aliphatic carbocycles. The van der Waals surface area contributed by atoms with Crippen molar-refractivity contribution >= 4 is 34.1 Å². The summed E-state index contributed by atoms with van der Waals surface area (Å²) in [6.07, 6.45) is 1.37. The van der Waals surface area contributed by atoms with Crippen LogP contribution in [0.1, 0.15) is 5.56 Å². The fraction of sp³-hybridized carbons (Fsp3) is 0.333. The van der Waals surface area contributed by atoms with Crippen molar-refractivity contribution in [3.05, 3.63) is 64.7 Å². The minimum atomic E-state index is -0.358. The third-order valence-corrected chi connectivity index (χ3v) is 5.69. The summed E-state index contributed by atoms with van der Waals surface area (Å²) in [6.45, 7) is 4.67. The van der Waals surface area contributed by atoms with Gasteiger partial charge in [0, 0.05) is 31.5 Å². The second kappa shape index (κ2) is 9.83. The van der Waals surface area contributed by atoms with Crippen molar-refractivity contribution in [3.8, 4) is 0 Å². The van der Waals surface area contributed by atoms with Crippen molar-refractivity contribution < 1.29 is 14.3 Å². The molecule has 1 aliphatic rings. The lowest BCUT2D eigenvalue weighted by molar-refractivity contribution is -0.133. The molecule has 33 heavy (non-hydrogen) atoms. The molecule has 1 aliphatic heterocycles. The molecule has 9 nitrogen and oxygen atoms in total. The van der Waals surface area contributed by atoms with Crippen LogP contribution in [0.2, 0.25) is 0 Å². The molecule has 1 saturated heterocycles. The van der Waals surface area contributed by atoms with Gasteiger partial charge in [0.2, 0.25) is 11.8 Å². The second-order valence-electron chi connectivity index (χ2n) is 8.09. The molecule has 1 N–H and O–H groups in total. The molecular formula is C24H27N5O4. The van der Waals surface area contributed by atoms with Gasteiger partial charge >= 0.3 is 0 Å². The Morgan fingerprint density at radius 3 is 2.58 bits per heavy atom. The van der Waals surface area contributed by atoms with Crippen LogP contribution in [0.25, 0.3) is 10.9 Å². The number of carbonyl (C=O) groups is 2. The maximum absolute atomic E-state index is 12.7. The van der Waals surface area contributed by atoms with Crippen molar-refractivity contribution in [2.45, 2.75) is 13.5 Å². The predicted octanol–water partition coefficient (Wildman–Crippen LogP) is 1.64. The van der Waals surface area contributed by atoms with E-state index in [4.69, 9.17) is 4.74 Å². The van der Waals surface area contributed by atoms with Crippen LogP contribution in [-0.2, 0) is 20.9 Å². The smallest absolute Gasteiger partial charge is 0.261 e. The van der Waals surface area contributed by atoms with Gasteiger partial charge in [-0.1, -0.05) is 12.1 Å². The zero-order valence-corrected chi connectivity index (χ0v) is 18.8. The van der Waals surface area contributed by atoms with Gasteiger partial charge in [0.15, 0.2) is 0 Å². The van der Waals surface area contributed by atoms with Gasteiger partial charge in [0.25, 0.3) is 5.56 Å². The minimum Gasteiger partial charge on any atom is -0.378 e. The molecule has 1 aromatic heterocycles. The fourth-order valence-electron chi connectivity index (χ4n) is 3.80. The van der Waals surface area contributed by atoms with Crippen LogP contribution in [0.4, 0.5) is 11.4 Å². The molecular weight excluding hydrogens is 422 g/mol. The Hall–Kier alpha value is -3.72. The summed E-state index contributed by atoms with van der Waals surface area (Å²) < 4.78 is 6.63. The molecule has 0 atom stereocenters. The van der Waals surface area contributed by atoms with E-state index in [9.17, 15) is 14.4 Å². The molecule has 172 valence electrons. The Labute approximate surface area is 191 Å². The molecule has 2 aromatic carbocycles. The quantitative estimate of drug-likeness (QED) is 0.615. The Kier molecular flexibility index (Phi) is 6.69. The van der Waals surface area contributed by atoms with E-state index in [1.54, 1.807) is 12.1 Å². The van der Waals surface area contributed by atoms with E-state index in [0.29, 0.717) is 29.8 Å². The van der Waals surface area contributed by atoms with Crippen molar-refractivity contribution in [3.63, 3.8) is 0 Å². The van der Waals surface area contributed by atoms with Crippen LogP contribution < -0.4 is 15.8 Å². The van der Waals surface area contributed by atoms with Crippen LogP contribution in [0, 0.1) is 6.92 Å². The summed E-state index contributed by atoms with van der Waals surface area (Å²) >= 11 is 0. The molecule has 2 amide bonds. The zero-order valence-electron chi connectivity index (χ0n) is 18.8. The van der Waals surface area contributed by atoms with E-state index in [1.807, 2.05) is 37.3 Å². The minimum absolute atomic E-state index is 0.126. The highest BCUT2D eigenvalue weighted by Gasteiger charge is 2.16. The second-order valence-corrected chi connectivity index (χ2v) is 8.09. The molecule has 4 rings (SSSR count). The first-order valence-electron chi connectivity index (χ1n) is 10.8. The first-order valence-corrected chi connectivity index (χ1v) is 10.8. The molecule has 0 saturated carbocycles. The molecule has 9 heteroatoms. The molecule has 0 unspecified atom stereocenters. The van der Waals surface area contributed by atoms with E-state index in [0.717, 1.165) is 24.3 Å². The van der Waals surface area contributed by atoms with Gasteiger partial charge in [-0.3, -0.25) is 19.0 Å². The normalized spacial score (nSPS) is 13.7. The predicted molar refractivity (Wildman–Crippen MR) is 126 cm³/mol. The van der Waals surface area contributed by atoms with Gasteiger partial charge in [-0.15, -0.1) is 0 Å². The van der Waals surface area contributed by atoms with Gasteiger partial charge in [0.05, 0.1) is 37.0 Å². The van der Waals surface area contributed by atoms with Crippen LogP contribution >= 0.6 is 0 Å². The van der Waals surface area contributed by atoms with Crippen LogP contribution in [-0.4, -0.2) is 66.2 Å². The van der Waals surface area contributed by atoms with Gasteiger partial charge in [-0.2, -0.15) is 0 Å². The summed E-state index contributed by atoms with van der Waals surface area (Å²) in [5.74, 6) is -0.673. The van der Waals surface area contributed by atoms with E-state index >= 15 is 0 Å². The summed E-state index contributed by atoms with van der Waals surface area (Å²) in [5, 5.41) is 3.27. The number of para-hydroxylation sites is 1. The van der Waals surface area contributed by atoms with Crippen LogP contribution in [0.5, 0.6) is 0 Å². The number of carbonyl (C=O) groups excluding carboxylic acids is 2. The molecule has 2 heterocycles. The summed E-state index contributed by atoms with van der Waals surface area (Å²) in [4.78, 5) is 45.6. The number of aromatic nitrogens is 2. The van der Waals surface area contributed by atoms with Gasteiger partial charge in [-0.05, 0) is 42.8 Å². The monoisotopic (exact) mass is 449 g/mol. The number of aryl methyl sites for hydroxylation is 1. The lowest BCUT2D eigenvalue weighted by Gasteiger charge is -2.28. The highest BCUT2D eigenvalue weighted by Crippen LogP contribution is 2.19. The number of anilines is 2. The Morgan fingerprint density at radius 1 is 1.12 bits per heavy atom. The van der Waals surface area contributed by atoms with E-state index in [2.05, 4.69) is 15.2 Å². The average Bonchev–Trinajstić information content (AvgIpc) is 2.82. The number of likely N-dealkylation sites (N-methyl/N-ethyl adjacent to an activating group) is 1. The van der Waals surface area contributed by atoms with Gasteiger partial charge in [0.1, 0.15) is 6.54 Å². The largest absolute Gasteiger partial charge is 0.378 e. The molecule has 1 fully saturated rings. The highest BCUT2D eigenvalue weighted by atomic mass is 16.5. The van der Waals surface area contributed by atoms with Crippen molar-refractivity contribution in [2.24, 2.45) is 0 Å². The standard InChI is InChI=1S/C24H27N5O4/c1-17-4-3-5-20-23(17)25-16-29(24(20)32)15-22(31)27(2)14-21(30)26-18-6-8-19(9-7-18)28-10-12-33-13-11-28/h3-9,16H,10-15H2,1-2H3,(H,26,30). The van der Waals surface area contributed by atoms with Gasteiger partial charge in [-0.25, -0.2) is 4.98 Å². The number of amides is 2. The number of hydrogen-bond acceptors (Lipinski definition) is 6. The maximum atomic E-state index is 12.7. The Bertz CT molecular complexity index is 1220. The van der Waals surface area contributed by atoms with E-state index in [1.165, 1.54) is 22.8 Å². The SMILES string of the molecule is Cc1cccc2c(=O)n(CC(=O)N(C)CC(=O)Nc3ccc(N4CCOCC4)cc3)cnc12. The first kappa shape index (κ1) is 22.5. The summed E-state index contributed by atoms with van der Waals surface area (Å²) in [5.41, 5.74) is 2.97. The van der Waals surface area contributed by atoms with Crippen molar-refractivity contribution in [2.75, 3.05) is 50.1 Å².